The molecule has 0 radical (unpaired) electrons. The molecule has 0 spiro atoms. The van der Waals surface area contributed by atoms with Crippen LogP contribution in [0.2, 0.25) is 0 Å². The van der Waals surface area contributed by atoms with Crippen molar-refractivity contribution in [3.05, 3.63) is 102 Å². The van der Waals surface area contributed by atoms with Crippen LogP contribution in [0.1, 0.15) is 34.8 Å². The van der Waals surface area contributed by atoms with Gasteiger partial charge in [0, 0.05) is 11.8 Å². The van der Waals surface area contributed by atoms with Crippen LogP contribution in [0, 0.1) is 0 Å². The molecule has 0 aliphatic rings. The molecule has 1 N–H and O–H groups in total. The van der Waals surface area contributed by atoms with E-state index in [0.29, 0.717) is 24.5 Å². The maximum atomic E-state index is 12.3. The fourth-order valence-electron chi connectivity index (χ4n) is 2.81. The summed E-state index contributed by atoms with van der Waals surface area (Å²) in [6.45, 7) is 2.78. The number of nitrogens with one attached hydrogen (secondary N) is 1. The van der Waals surface area contributed by atoms with Crippen molar-refractivity contribution in [2.45, 2.75) is 20.0 Å². The van der Waals surface area contributed by atoms with E-state index in [-0.39, 0.29) is 5.91 Å². The zero-order chi connectivity index (χ0) is 21.9. The minimum atomic E-state index is -0.402. The van der Waals surface area contributed by atoms with Crippen molar-refractivity contribution >= 4 is 23.6 Å². The number of rotatable bonds is 9. The Kier molecular flexibility index (Phi) is 8.00. The van der Waals surface area contributed by atoms with Crippen LogP contribution in [0.4, 0.5) is 5.69 Å². The Balaban J connectivity index is 1.57. The van der Waals surface area contributed by atoms with E-state index in [2.05, 4.69) is 5.32 Å². The van der Waals surface area contributed by atoms with Gasteiger partial charge >= 0.3 is 5.97 Å². The Morgan fingerprint density at radius 2 is 1.74 bits per heavy atom. The van der Waals surface area contributed by atoms with Crippen LogP contribution in [-0.2, 0) is 16.1 Å². The molecule has 0 aliphatic heterocycles. The normalized spacial score (nSPS) is 10.6. The van der Waals surface area contributed by atoms with Crippen molar-refractivity contribution in [3.8, 4) is 5.75 Å². The topological polar surface area (TPSA) is 64.6 Å². The van der Waals surface area contributed by atoms with Gasteiger partial charge in [-0.2, -0.15) is 0 Å². The predicted molar refractivity (Wildman–Crippen MR) is 122 cm³/mol. The van der Waals surface area contributed by atoms with Crippen molar-refractivity contribution in [1.29, 1.82) is 0 Å². The van der Waals surface area contributed by atoms with Crippen LogP contribution in [-0.4, -0.2) is 18.5 Å². The second-order valence-electron chi connectivity index (χ2n) is 6.89. The third kappa shape index (κ3) is 7.16. The second kappa shape index (κ2) is 11.4. The Labute approximate surface area is 182 Å². The van der Waals surface area contributed by atoms with Gasteiger partial charge in [0.25, 0.3) is 0 Å². The molecule has 5 heteroatoms. The Morgan fingerprint density at radius 3 is 2.55 bits per heavy atom. The van der Waals surface area contributed by atoms with Crippen molar-refractivity contribution in [2.75, 3.05) is 11.9 Å². The van der Waals surface area contributed by atoms with Crippen LogP contribution >= 0.6 is 0 Å². The predicted octanol–water partition coefficient (Wildman–Crippen LogP) is 5.48. The number of carbonyl (C=O) groups is 2. The van der Waals surface area contributed by atoms with Gasteiger partial charge in [-0.1, -0.05) is 55.5 Å². The first-order valence-electron chi connectivity index (χ1n) is 10.2. The number of amides is 1. The second-order valence-corrected chi connectivity index (χ2v) is 6.89. The average Bonchev–Trinajstić information content (AvgIpc) is 2.81. The van der Waals surface area contributed by atoms with Gasteiger partial charge in [0.05, 0.1) is 12.2 Å². The highest BCUT2D eigenvalue weighted by Crippen LogP contribution is 2.17. The lowest BCUT2D eigenvalue weighted by Gasteiger charge is -2.07. The molecule has 0 aromatic heterocycles. The van der Waals surface area contributed by atoms with E-state index in [4.69, 9.17) is 9.47 Å². The van der Waals surface area contributed by atoms with Crippen molar-refractivity contribution < 1.29 is 19.1 Å². The third-order valence-electron chi connectivity index (χ3n) is 4.34. The van der Waals surface area contributed by atoms with Gasteiger partial charge in [0.15, 0.2) is 0 Å². The van der Waals surface area contributed by atoms with Gasteiger partial charge in [-0.25, -0.2) is 4.79 Å². The molecule has 0 saturated heterocycles. The standard InChI is InChI=1S/C26H25NO4/c1-2-16-30-26(29)22-11-7-12-23(18-22)27-25(28)15-14-20-10-6-13-24(17-20)31-19-21-8-4-3-5-9-21/h3-15,17-18H,2,16,19H2,1H3,(H,27,28)/b15-14+. The van der Waals surface area contributed by atoms with E-state index in [0.717, 1.165) is 23.3 Å². The van der Waals surface area contributed by atoms with Crippen LogP contribution in [0.25, 0.3) is 6.08 Å². The zero-order valence-electron chi connectivity index (χ0n) is 17.4. The molecule has 0 bridgehead atoms. The Hall–Kier alpha value is -3.86. The van der Waals surface area contributed by atoms with Gasteiger partial charge in [-0.3, -0.25) is 4.79 Å². The minimum absolute atomic E-state index is 0.297. The first kappa shape index (κ1) is 21.8. The van der Waals surface area contributed by atoms with Crippen molar-refractivity contribution in [2.24, 2.45) is 0 Å². The van der Waals surface area contributed by atoms with E-state index >= 15 is 0 Å². The molecule has 158 valence electrons. The monoisotopic (exact) mass is 415 g/mol. The van der Waals surface area contributed by atoms with E-state index in [1.807, 2.05) is 61.5 Å². The summed E-state index contributed by atoms with van der Waals surface area (Å²) in [6, 6.07) is 24.1. The SMILES string of the molecule is CCCOC(=O)c1cccc(NC(=O)/C=C/c2cccc(OCc3ccccc3)c2)c1. The lowest BCUT2D eigenvalue weighted by molar-refractivity contribution is -0.111. The van der Waals surface area contributed by atoms with Crippen LogP contribution < -0.4 is 10.1 Å². The van der Waals surface area contributed by atoms with Crippen LogP contribution in [0.3, 0.4) is 0 Å². The fraction of sp³-hybridized carbons (Fsp3) is 0.154. The molecule has 0 fully saturated rings. The maximum absolute atomic E-state index is 12.3. The third-order valence-corrected chi connectivity index (χ3v) is 4.34. The molecule has 1 amide bonds. The summed E-state index contributed by atoms with van der Waals surface area (Å²) in [6.07, 6.45) is 3.91. The van der Waals surface area contributed by atoms with E-state index in [9.17, 15) is 9.59 Å². The molecule has 5 nitrogen and oxygen atoms in total. The van der Waals surface area contributed by atoms with Crippen molar-refractivity contribution in [3.63, 3.8) is 0 Å². The number of hydrogen-bond acceptors (Lipinski definition) is 4. The number of esters is 1. The lowest BCUT2D eigenvalue weighted by Crippen LogP contribution is -2.10. The largest absolute Gasteiger partial charge is 0.489 e. The summed E-state index contributed by atoms with van der Waals surface area (Å²) in [5, 5.41) is 2.76. The van der Waals surface area contributed by atoms with E-state index < -0.39 is 5.97 Å². The summed E-state index contributed by atoms with van der Waals surface area (Å²) in [7, 11) is 0. The van der Waals surface area contributed by atoms with Gasteiger partial charge in [0.1, 0.15) is 12.4 Å². The van der Waals surface area contributed by atoms with Gasteiger partial charge in [0.2, 0.25) is 5.91 Å². The molecule has 0 unspecified atom stereocenters. The highest BCUT2D eigenvalue weighted by atomic mass is 16.5. The van der Waals surface area contributed by atoms with Gasteiger partial charge < -0.3 is 14.8 Å². The van der Waals surface area contributed by atoms with Crippen LogP contribution in [0.5, 0.6) is 5.75 Å². The van der Waals surface area contributed by atoms with Crippen LogP contribution in [0.15, 0.2) is 84.9 Å². The molecule has 3 aromatic carbocycles. The molecule has 0 aliphatic carbocycles. The summed E-state index contributed by atoms with van der Waals surface area (Å²) in [5.41, 5.74) is 2.86. The summed E-state index contributed by atoms with van der Waals surface area (Å²) in [5.74, 6) is 0.0280. The highest BCUT2D eigenvalue weighted by Gasteiger charge is 2.08. The fourth-order valence-corrected chi connectivity index (χ4v) is 2.81. The molecule has 0 saturated carbocycles. The number of ether oxygens (including phenoxy) is 2. The van der Waals surface area contributed by atoms with Crippen molar-refractivity contribution in [1.82, 2.24) is 0 Å². The first-order chi connectivity index (χ1) is 15.1. The summed E-state index contributed by atoms with van der Waals surface area (Å²) < 4.78 is 10.9. The summed E-state index contributed by atoms with van der Waals surface area (Å²) in [4.78, 5) is 24.3. The minimum Gasteiger partial charge on any atom is -0.489 e. The molecule has 3 aromatic rings. The molecular formula is C26H25NO4. The Bertz CT molecular complexity index is 1040. The zero-order valence-corrected chi connectivity index (χ0v) is 17.4. The highest BCUT2D eigenvalue weighted by molar-refractivity contribution is 6.02. The molecule has 0 heterocycles. The number of anilines is 1. The average molecular weight is 415 g/mol. The quantitative estimate of drug-likeness (QED) is 0.371. The molecule has 31 heavy (non-hydrogen) atoms. The van der Waals surface area contributed by atoms with E-state index in [1.54, 1.807) is 30.3 Å². The number of hydrogen-bond donors (Lipinski definition) is 1. The van der Waals surface area contributed by atoms with Gasteiger partial charge in [-0.15, -0.1) is 0 Å². The van der Waals surface area contributed by atoms with E-state index in [1.165, 1.54) is 6.08 Å². The Morgan fingerprint density at radius 1 is 0.935 bits per heavy atom. The summed E-state index contributed by atoms with van der Waals surface area (Å²) >= 11 is 0. The molecule has 3 rings (SSSR count). The smallest absolute Gasteiger partial charge is 0.338 e. The molecule has 0 atom stereocenters. The first-order valence-corrected chi connectivity index (χ1v) is 10.2. The number of carbonyl (C=O) groups excluding carboxylic acids is 2. The molecular weight excluding hydrogens is 390 g/mol. The van der Waals surface area contributed by atoms with Gasteiger partial charge in [-0.05, 0) is 54.0 Å². The lowest BCUT2D eigenvalue weighted by atomic mass is 10.2. The number of benzene rings is 3. The maximum Gasteiger partial charge on any atom is 0.338 e.